The number of halogens is 1. The molecule has 0 aromatic carbocycles. The highest BCUT2D eigenvalue weighted by Gasteiger charge is 2.20. The van der Waals surface area contributed by atoms with Gasteiger partial charge in [0.2, 0.25) is 16.0 Å². The van der Waals surface area contributed by atoms with E-state index in [1.807, 2.05) is 4.90 Å². The number of nitrogens with one attached hydrogen (secondary N) is 1. The lowest BCUT2D eigenvalue weighted by molar-refractivity contribution is 0.122. The summed E-state index contributed by atoms with van der Waals surface area (Å²) in [4.78, 5) is 19.7. The number of hydrogen-bond acceptors (Lipinski definition) is 9. The van der Waals surface area contributed by atoms with Gasteiger partial charge in [-0.3, -0.25) is 4.72 Å². The molecule has 0 atom stereocenters. The Hall–Kier alpha value is -3.02. The van der Waals surface area contributed by atoms with Gasteiger partial charge in [-0.2, -0.15) is 0 Å². The second kappa shape index (κ2) is 8.61. The van der Waals surface area contributed by atoms with Gasteiger partial charge in [-0.05, 0) is 24.3 Å². The zero-order chi connectivity index (χ0) is 22.0. The van der Waals surface area contributed by atoms with E-state index in [9.17, 15) is 8.42 Å². The first-order chi connectivity index (χ1) is 14.8. The number of rotatable bonds is 5. The summed E-state index contributed by atoms with van der Waals surface area (Å²) in [5, 5.41) is 0.394. The molecule has 0 bridgehead atoms. The highest BCUT2D eigenvalue weighted by molar-refractivity contribution is 7.92. The second-order valence-electron chi connectivity index (χ2n) is 6.90. The minimum absolute atomic E-state index is 0.170. The van der Waals surface area contributed by atoms with E-state index >= 15 is 0 Å². The van der Waals surface area contributed by atoms with Crippen molar-refractivity contribution >= 4 is 39.2 Å². The van der Waals surface area contributed by atoms with Crippen LogP contribution in [0, 0.1) is 0 Å². The lowest BCUT2D eigenvalue weighted by Gasteiger charge is -2.27. The van der Waals surface area contributed by atoms with Crippen LogP contribution in [0.15, 0.2) is 36.7 Å². The highest BCUT2D eigenvalue weighted by Crippen LogP contribution is 2.33. The van der Waals surface area contributed by atoms with E-state index in [-0.39, 0.29) is 5.82 Å². The normalized spacial score (nSPS) is 14.5. The molecule has 0 unspecified atom stereocenters. The Kier molecular flexibility index (Phi) is 5.90. The predicted molar refractivity (Wildman–Crippen MR) is 119 cm³/mol. The topological polar surface area (TPSA) is 136 Å². The number of nitrogens with zero attached hydrogens (tertiary/aromatic N) is 5. The smallest absolute Gasteiger partial charge is 0.230 e. The standard InChI is InChI=1S/C19H20ClN7O3S/c1-31(28,29)26-18-12(3-2-4-22-18)15-10-16(13-11-23-17(21)9-14(13)20)25-19(24-15)27-5-7-30-8-6-27/h2-4,9-11H,5-8H2,1H3,(H2,21,23)(H,22,26). The molecule has 0 radical (unpaired) electrons. The van der Waals surface area contributed by atoms with E-state index in [4.69, 9.17) is 22.1 Å². The van der Waals surface area contributed by atoms with Crippen LogP contribution in [-0.2, 0) is 14.8 Å². The molecule has 10 nitrogen and oxygen atoms in total. The van der Waals surface area contributed by atoms with Crippen molar-refractivity contribution in [2.45, 2.75) is 0 Å². The van der Waals surface area contributed by atoms with Gasteiger partial charge in [0, 0.05) is 36.6 Å². The van der Waals surface area contributed by atoms with Gasteiger partial charge in [0.1, 0.15) is 11.6 Å². The SMILES string of the molecule is CS(=O)(=O)Nc1ncccc1-c1cc(-c2cnc(N)cc2Cl)nc(N2CCOCC2)n1. The van der Waals surface area contributed by atoms with Gasteiger partial charge >= 0.3 is 0 Å². The fourth-order valence-corrected chi connectivity index (χ4v) is 3.89. The minimum Gasteiger partial charge on any atom is -0.384 e. The Morgan fingerprint density at radius 3 is 2.52 bits per heavy atom. The molecular weight excluding hydrogens is 442 g/mol. The van der Waals surface area contributed by atoms with Gasteiger partial charge < -0.3 is 15.4 Å². The number of nitrogens with two attached hydrogens (primary N) is 1. The van der Waals surface area contributed by atoms with Crippen LogP contribution >= 0.6 is 11.6 Å². The summed E-state index contributed by atoms with van der Waals surface area (Å²) in [6.07, 6.45) is 4.12. The number of sulfonamides is 1. The number of nitrogen functional groups attached to an aromatic ring is 1. The van der Waals surface area contributed by atoms with Crippen LogP contribution in [0.1, 0.15) is 0 Å². The molecule has 12 heteroatoms. The third-order valence-corrected chi connectivity index (χ3v) is 5.40. The van der Waals surface area contributed by atoms with Crippen LogP contribution in [0.3, 0.4) is 0 Å². The lowest BCUT2D eigenvalue weighted by atomic mass is 10.1. The van der Waals surface area contributed by atoms with Crippen molar-refractivity contribution in [2.75, 3.05) is 47.9 Å². The summed E-state index contributed by atoms with van der Waals surface area (Å²) >= 11 is 6.40. The van der Waals surface area contributed by atoms with E-state index in [0.29, 0.717) is 65.6 Å². The Bertz CT molecular complexity index is 1220. The van der Waals surface area contributed by atoms with Crippen molar-refractivity contribution in [1.82, 2.24) is 19.9 Å². The second-order valence-corrected chi connectivity index (χ2v) is 9.06. The first-order valence-electron chi connectivity index (χ1n) is 9.36. The van der Waals surface area contributed by atoms with Crippen LogP contribution in [0.2, 0.25) is 5.02 Å². The van der Waals surface area contributed by atoms with Crippen LogP contribution < -0.4 is 15.4 Å². The first kappa shape index (κ1) is 21.2. The molecule has 4 heterocycles. The zero-order valence-electron chi connectivity index (χ0n) is 16.6. The summed E-state index contributed by atoms with van der Waals surface area (Å²) in [6, 6.07) is 6.70. The molecule has 1 saturated heterocycles. The van der Waals surface area contributed by atoms with E-state index < -0.39 is 10.0 Å². The number of hydrogen-bond donors (Lipinski definition) is 2. The van der Waals surface area contributed by atoms with Crippen molar-refractivity contribution in [3.8, 4) is 22.5 Å². The van der Waals surface area contributed by atoms with Crippen molar-refractivity contribution in [3.05, 3.63) is 41.7 Å². The van der Waals surface area contributed by atoms with Gasteiger partial charge in [0.05, 0.1) is 35.9 Å². The molecule has 0 aliphatic carbocycles. The largest absolute Gasteiger partial charge is 0.384 e. The van der Waals surface area contributed by atoms with Crippen molar-refractivity contribution in [1.29, 1.82) is 0 Å². The fourth-order valence-electron chi connectivity index (χ4n) is 3.12. The molecule has 162 valence electrons. The lowest BCUT2D eigenvalue weighted by Crippen LogP contribution is -2.37. The van der Waals surface area contributed by atoms with Gasteiger partial charge in [-0.15, -0.1) is 0 Å². The minimum atomic E-state index is -3.54. The molecule has 1 aliphatic rings. The van der Waals surface area contributed by atoms with Gasteiger partial charge in [-0.1, -0.05) is 11.6 Å². The maximum atomic E-state index is 11.8. The quantitative estimate of drug-likeness (QED) is 0.584. The molecule has 3 aromatic rings. The average molecular weight is 462 g/mol. The van der Waals surface area contributed by atoms with Crippen LogP contribution in [0.25, 0.3) is 22.5 Å². The highest BCUT2D eigenvalue weighted by atomic mass is 35.5. The number of aromatic nitrogens is 4. The van der Waals surface area contributed by atoms with E-state index in [0.717, 1.165) is 6.26 Å². The molecule has 1 fully saturated rings. The molecule has 3 aromatic heterocycles. The summed E-state index contributed by atoms with van der Waals surface area (Å²) in [5.41, 5.74) is 7.82. The number of pyridine rings is 2. The van der Waals surface area contributed by atoms with E-state index in [1.165, 1.54) is 6.20 Å². The third kappa shape index (κ3) is 5.01. The van der Waals surface area contributed by atoms with Crippen LogP contribution in [0.4, 0.5) is 17.6 Å². The Morgan fingerprint density at radius 2 is 1.84 bits per heavy atom. The van der Waals surface area contributed by atoms with E-state index in [2.05, 4.69) is 24.7 Å². The Balaban J connectivity index is 1.88. The summed E-state index contributed by atoms with van der Waals surface area (Å²) in [7, 11) is -3.54. The van der Waals surface area contributed by atoms with Gasteiger partial charge in [-0.25, -0.2) is 28.4 Å². The molecule has 31 heavy (non-hydrogen) atoms. The Labute approximate surface area is 184 Å². The fraction of sp³-hybridized carbons (Fsp3) is 0.263. The maximum absolute atomic E-state index is 11.8. The van der Waals surface area contributed by atoms with Crippen molar-refractivity contribution in [3.63, 3.8) is 0 Å². The van der Waals surface area contributed by atoms with E-state index in [1.54, 1.807) is 30.5 Å². The van der Waals surface area contributed by atoms with Crippen LogP contribution in [0.5, 0.6) is 0 Å². The predicted octanol–water partition coefficient (Wildman–Crippen LogP) is 2.04. The molecule has 3 N–H and O–H groups in total. The number of ether oxygens (including phenoxy) is 1. The number of morpholine rings is 1. The summed E-state index contributed by atoms with van der Waals surface area (Å²) in [5.74, 6) is 0.935. The molecule has 4 rings (SSSR count). The average Bonchev–Trinajstić information content (AvgIpc) is 2.73. The van der Waals surface area contributed by atoms with Crippen molar-refractivity contribution in [2.24, 2.45) is 0 Å². The molecule has 0 saturated carbocycles. The van der Waals surface area contributed by atoms with Gasteiger partial charge in [0.15, 0.2) is 0 Å². The molecule has 0 amide bonds. The Morgan fingerprint density at radius 1 is 1.13 bits per heavy atom. The summed E-state index contributed by atoms with van der Waals surface area (Å²) < 4.78 is 31.5. The van der Waals surface area contributed by atoms with Crippen LogP contribution in [-0.4, -0.2) is 60.9 Å². The third-order valence-electron chi connectivity index (χ3n) is 4.52. The van der Waals surface area contributed by atoms with Gasteiger partial charge in [0.25, 0.3) is 0 Å². The molecular formula is C19H20ClN7O3S. The number of anilines is 3. The summed E-state index contributed by atoms with van der Waals surface area (Å²) in [6.45, 7) is 2.36. The molecule has 1 aliphatic heterocycles. The zero-order valence-corrected chi connectivity index (χ0v) is 18.2. The monoisotopic (exact) mass is 461 g/mol. The molecule has 0 spiro atoms. The first-order valence-corrected chi connectivity index (χ1v) is 11.6. The van der Waals surface area contributed by atoms with Crippen molar-refractivity contribution < 1.29 is 13.2 Å². The maximum Gasteiger partial charge on any atom is 0.230 e.